The minimum atomic E-state index is -1.18. The first-order valence-corrected chi connectivity index (χ1v) is 16.1. The molecule has 46 heavy (non-hydrogen) atoms. The smallest absolute Gasteiger partial charge is 0.219 e. The van der Waals surface area contributed by atoms with Gasteiger partial charge in [-0.2, -0.15) is 0 Å². The maximum Gasteiger partial charge on any atom is 0.219 e. The van der Waals surface area contributed by atoms with Gasteiger partial charge in [0.15, 0.2) is 5.72 Å². The van der Waals surface area contributed by atoms with Crippen molar-refractivity contribution in [3.05, 3.63) is 144 Å². The molecule has 7 nitrogen and oxygen atoms in total. The summed E-state index contributed by atoms with van der Waals surface area (Å²) in [5.41, 5.74) is 2.94. The van der Waals surface area contributed by atoms with Crippen molar-refractivity contribution in [1.82, 2.24) is 5.32 Å². The Bertz CT molecular complexity index is 1440. The normalized spacial score (nSPS) is 22.7. The van der Waals surface area contributed by atoms with Gasteiger partial charge >= 0.3 is 0 Å². The van der Waals surface area contributed by atoms with Gasteiger partial charge in [0.2, 0.25) is 5.91 Å². The van der Waals surface area contributed by atoms with Crippen molar-refractivity contribution < 1.29 is 28.5 Å². The molecule has 1 saturated heterocycles. The summed E-state index contributed by atoms with van der Waals surface area (Å²) >= 11 is 0. The summed E-state index contributed by atoms with van der Waals surface area (Å²) in [5.74, 6) is -0.212. The highest BCUT2D eigenvalue weighted by Crippen LogP contribution is 2.38. The van der Waals surface area contributed by atoms with Crippen molar-refractivity contribution in [2.24, 2.45) is 0 Å². The Labute approximate surface area is 272 Å². The third kappa shape index (κ3) is 9.34. The lowest BCUT2D eigenvalue weighted by Gasteiger charge is -2.53. The molecule has 5 atom stereocenters. The van der Waals surface area contributed by atoms with Crippen LogP contribution in [0.5, 0.6) is 0 Å². The van der Waals surface area contributed by atoms with Crippen LogP contribution in [0, 0.1) is 0 Å². The second-order valence-corrected chi connectivity index (χ2v) is 11.7. The number of rotatable bonds is 16. The van der Waals surface area contributed by atoms with Crippen molar-refractivity contribution in [2.75, 3.05) is 6.61 Å². The molecule has 0 aromatic heterocycles. The van der Waals surface area contributed by atoms with E-state index in [0.29, 0.717) is 32.8 Å². The number of hydrogen-bond donors (Lipinski definition) is 1. The largest absolute Gasteiger partial charge is 0.374 e. The molecular weight excluding hydrogens is 578 g/mol. The first-order valence-electron chi connectivity index (χ1n) is 16.1. The van der Waals surface area contributed by atoms with E-state index in [-0.39, 0.29) is 12.5 Å². The van der Waals surface area contributed by atoms with E-state index in [1.54, 1.807) is 0 Å². The second-order valence-electron chi connectivity index (χ2n) is 11.7. The van der Waals surface area contributed by atoms with E-state index in [2.05, 4.69) is 12.2 Å². The summed E-state index contributed by atoms with van der Waals surface area (Å²) in [5, 5.41) is 3.17. The number of carbonyl (C=O) groups is 1. The summed E-state index contributed by atoms with van der Waals surface area (Å²) in [4.78, 5) is 12.8. The maximum atomic E-state index is 12.8. The van der Waals surface area contributed by atoms with Crippen molar-refractivity contribution in [3.63, 3.8) is 0 Å². The van der Waals surface area contributed by atoms with E-state index in [4.69, 9.17) is 23.7 Å². The third-order valence-corrected chi connectivity index (χ3v) is 8.06. The number of carbonyl (C=O) groups excluding carboxylic acids is 1. The van der Waals surface area contributed by atoms with Crippen LogP contribution >= 0.6 is 0 Å². The van der Waals surface area contributed by atoms with Crippen LogP contribution in [-0.4, -0.2) is 42.7 Å². The molecule has 1 aliphatic heterocycles. The Morgan fingerprint density at radius 3 is 1.54 bits per heavy atom. The Morgan fingerprint density at radius 1 is 0.652 bits per heavy atom. The Kier molecular flexibility index (Phi) is 12.5. The number of benzene rings is 4. The zero-order valence-electron chi connectivity index (χ0n) is 26.8. The van der Waals surface area contributed by atoms with Crippen LogP contribution < -0.4 is 5.32 Å². The molecule has 0 saturated carbocycles. The molecule has 242 valence electrons. The van der Waals surface area contributed by atoms with Crippen molar-refractivity contribution in [1.29, 1.82) is 0 Å². The van der Waals surface area contributed by atoms with Crippen LogP contribution in [0.25, 0.3) is 0 Å². The van der Waals surface area contributed by atoms with Crippen LogP contribution in [0.2, 0.25) is 0 Å². The van der Waals surface area contributed by atoms with E-state index in [1.165, 1.54) is 6.92 Å². The molecule has 4 aromatic rings. The first kappa shape index (κ1) is 33.5. The average molecular weight is 624 g/mol. The van der Waals surface area contributed by atoms with E-state index >= 15 is 0 Å². The summed E-state index contributed by atoms with van der Waals surface area (Å²) in [6.07, 6.45) is -1.18. The van der Waals surface area contributed by atoms with E-state index in [1.807, 2.05) is 121 Å². The van der Waals surface area contributed by atoms with E-state index < -0.39 is 30.1 Å². The standard InChI is InChI=1S/C39H45NO6/c1-3-24-39(40-30(2)41)38(45-28-34-22-14-7-15-23-34)37(44-27-33-20-12-6-13-21-33)36(43-26-32-18-10-5-11-19-32)35(46-39)29-42-25-31-16-8-4-9-17-31/h4-23,35-38H,3,24-29H2,1-2H3,(H,40,41)/t35-,36-,37+,38-,39+/m1/s1. The van der Waals surface area contributed by atoms with Crippen LogP contribution in [0.15, 0.2) is 121 Å². The highest BCUT2D eigenvalue weighted by atomic mass is 16.6. The Morgan fingerprint density at radius 2 is 1.09 bits per heavy atom. The molecule has 1 fully saturated rings. The molecular formula is C39H45NO6. The molecule has 1 N–H and O–H groups in total. The van der Waals surface area contributed by atoms with Crippen molar-refractivity contribution in [3.8, 4) is 0 Å². The average Bonchev–Trinajstić information content (AvgIpc) is 3.08. The summed E-state index contributed by atoms with van der Waals surface area (Å²) in [6.45, 7) is 5.22. The molecule has 0 unspecified atom stereocenters. The monoisotopic (exact) mass is 623 g/mol. The number of amides is 1. The zero-order chi connectivity index (χ0) is 32.0. The summed E-state index contributed by atoms with van der Waals surface area (Å²) < 4.78 is 33.5. The second kappa shape index (κ2) is 17.2. The van der Waals surface area contributed by atoms with Gasteiger partial charge in [0.1, 0.15) is 24.4 Å². The highest BCUT2D eigenvalue weighted by molar-refractivity contribution is 5.73. The van der Waals surface area contributed by atoms with Gasteiger partial charge in [-0.15, -0.1) is 0 Å². The lowest BCUT2D eigenvalue weighted by atomic mass is 9.86. The predicted molar refractivity (Wildman–Crippen MR) is 177 cm³/mol. The lowest BCUT2D eigenvalue weighted by molar-refractivity contribution is -0.316. The minimum Gasteiger partial charge on any atom is -0.374 e. The van der Waals surface area contributed by atoms with Crippen LogP contribution in [0.3, 0.4) is 0 Å². The Hall–Kier alpha value is -3.85. The molecule has 1 heterocycles. The molecule has 0 spiro atoms. The van der Waals surface area contributed by atoms with Crippen LogP contribution in [0.1, 0.15) is 48.9 Å². The fourth-order valence-corrected chi connectivity index (χ4v) is 5.99. The predicted octanol–water partition coefficient (Wildman–Crippen LogP) is 6.99. The van der Waals surface area contributed by atoms with Gasteiger partial charge in [-0.3, -0.25) is 4.79 Å². The number of hydrogen-bond acceptors (Lipinski definition) is 6. The highest BCUT2D eigenvalue weighted by Gasteiger charge is 2.57. The van der Waals surface area contributed by atoms with Gasteiger partial charge in [0.05, 0.1) is 33.0 Å². The molecule has 5 rings (SSSR count). The van der Waals surface area contributed by atoms with E-state index in [9.17, 15) is 4.79 Å². The Balaban J connectivity index is 1.51. The van der Waals surface area contributed by atoms with Crippen LogP contribution in [-0.2, 0) is 54.9 Å². The SMILES string of the molecule is CCC[C@]1(NC(C)=O)O[C@H](COCc2ccccc2)[C@@H](OCc2ccccc2)[C@H](OCc2ccccc2)[C@H]1OCc1ccccc1. The topological polar surface area (TPSA) is 75.3 Å². The molecule has 0 aliphatic carbocycles. The fourth-order valence-electron chi connectivity index (χ4n) is 5.99. The van der Waals surface area contributed by atoms with Gasteiger partial charge in [0, 0.05) is 6.92 Å². The van der Waals surface area contributed by atoms with Gasteiger partial charge in [0.25, 0.3) is 0 Å². The maximum absolute atomic E-state index is 12.8. The van der Waals surface area contributed by atoms with Crippen molar-refractivity contribution in [2.45, 2.75) is 83.3 Å². The molecule has 4 aromatic carbocycles. The third-order valence-electron chi connectivity index (χ3n) is 8.06. The minimum absolute atomic E-state index is 0.212. The fraction of sp³-hybridized carbons (Fsp3) is 0.359. The van der Waals surface area contributed by atoms with Crippen molar-refractivity contribution >= 4 is 5.91 Å². The number of ether oxygens (including phenoxy) is 5. The summed E-state index contributed by atoms with van der Waals surface area (Å²) in [6, 6.07) is 40.1. The lowest BCUT2D eigenvalue weighted by Crippen LogP contribution is -2.72. The summed E-state index contributed by atoms with van der Waals surface area (Å²) in [7, 11) is 0. The quantitative estimate of drug-likeness (QED) is 0.145. The molecule has 1 amide bonds. The van der Waals surface area contributed by atoms with E-state index in [0.717, 1.165) is 28.7 Å². The molecule has 1 aliphatic rings. The van der Waals surface area contributed by atoms with Crippen LogP contribution in [0.4, 0.5) is 0 Å². The van der Waals surface area contributed by atoms with Gasteiger partial charge in [-0.1, -0.05) is 135 Å². The number of nitrogens with one attached hydrogen (secondary N) is 1. The zero-order valence-corrected chi connectivity index (χ0v) is 26.8. The first-order chi connectivity index (χ1) is 22.6. The van der Waals surface area contributed by atoms with Gasteiger partial charge in [-0.25, -0.2) is 0 Å². The molecule has 7 heteroatoms. The molecule has 0 bridgehead atoms. The van der Waals surface area contributed by atoms with Gasteiger partial charge < -0.3 is 29.0 Å². The van der Waals surface area contributed by atoms with Gasteiger partial charge in [-0.05, 0) is 28.7 Å². The molecule has 0 radical (unpaired) electrons.